The third kappa shape index (κ3) is 7.31. The Balaban J connectivity index is 1.74. The fraction of sp³-hybridized carbons (Fsp3) is 0.348. The van der Waals surface area contributed by atoms with Crippen molar-refractivity contribution in [2.75, 3.05) is 0 Å². The SMILES string of the molecule is CC(C)Cc1ccc(C(=O)CCC(=O)NNC(=O)C(C)Oc2ccccc2F)cc1. The van der Waals surface area contributed by atoms with Crippen LogP contribution in [-0.2, 0) is 16.0 Å². The number of carbonyl (C=O) groups excluding carboxylic acids is 3. The Kier molecular flexibility index (Phi) is 8.53. The predicted octanol–water partition coefficient (Wildman–Crippen LogP) is 3.60. The summed E-state index contributed by atoms with van der Waals surface area (Å²) in [5.41, 5.74) is 6.16. The van der Waals surface area contributed by atoms with Gasteiger partial charge in [0.25, 0.3) is 5.91 Å². The van der Waals surface area contributed by atoms with E-state index in [1.54, 1.807) is 18.2 Å². The molecule has 30 heavy (non-hydrogen) atoms. The molecule has 0 aliphatic heterocycles. The minimum Gasteiger partial charge on any atom is -0.478 e. The standard InChI is InChI=1S/C23H27FN2O4/c1-15(2)14-17-8-10-18(11-9-17)20(27)12-13-22(28)25-26-23(29)16(3)30-21-7-5-4-6-19(21)24/h4-11,15-16H,12-14H2,1-3H3,(H,25,28)(H,26,29). The van der Waals surface area contributed by atoms with Gasteiger partial charge in [-0.05, 0) is 37.0 Å². The summed E-state index contributed by atoms with van der Waals surface area (Å²) in [5, 5.41) is 0. The summed E-state index contributed by atoms with van der Waals surface area (Å²) in [6.07, 6.45) is -0.134. The molecule has 0 saturated carbocycles. The summed E-state index contributed by atoms with van der Waals surface area (Å²) >= 11 is 0. The number of benzene rings is 2. The van der Waals surface area contributed by atoms with Crippen LogP contribution in [0, 0.1) is 11.7 Å². The first-order valence-corrected chi connectivity index (χ1v) is 9.88. The molecule has 0 saturated heterocycles. The monoisotopic (exact) mass is 414 g/mol. The summed E-state index contributed by atoms with van der Waals surface area (Å²) in [6.45, 7) is 5.69. The van der Waals surface area contributed by atoms with Gasteiger partial charge in [0, 0.05) is 18.4 Å². The molecule has 2 aromatic carbocycles. The largest absolute Gasteiger partial charge is 0.478 e. The Morgan fingerprint density at radius 2 is 1.60 bits per heavy atom. The lowest BCUT2D eigenvalue weighted by Gasteiger charge is -2.15. The van der Waals surface area contributed by atoms with Gasteiger partial charge in [-0.25, -0.2) is 4.39 Å². The number of halogens is 1. The number of hydrogen-bond acceptors (Lipinski definition) is 4. The second-order valence-electron chi connectivity index (χ2n) is 7.45. The molecule has 0 aliphatic rings. The van der Waals surface area contributed by atoms with Gasteiger partial charge >= 0.3 is 0 Å². The molecular weight excluding hydrogens is 387 g/mol. The molecule has 2 amide bonds. The number of ether oxygens (including phenoxy) is 1. The third-order valence-electron chi connectivity index (χ3n) is 4.33. The summed E-state index contributed by atoms with van der Waals surface area (Å²) in [7, 11) is 0. The van der Waals surface area contributed by atoms with Crippen molar-refractivity contribution in [3.63, 3.8) is 0 Å². The predicted molar refractivity (Wildman–Crippen MR) is 111 cm³/mol. The van der Waals surface area contributed by atoms with Crippen molar-refractivity contribution in [3.05, 3.63) is 65.5 Å². The molecule has 1 atom stereocenters. The molecule has 0 heterocycles. The second-order valence-corrected chi connectivity index (χ2v) is 7.45. The van der Waals surface area contributed by atoms with Crippen molar-refractivity contribution in [2.45, 2.75) is 46.1 Å². The zero-order valence-electron chi connectivity index (χ0n) is 17.4. The first-order chi connectivity index (χ1) is 14.3. The number of para-hydroxylation sites is 1. The number of Topliss-reactive ketones (excluding diaryl/α,β-unsaturated/α-hetero) is 1. The second kappa shape index (κ2) is 11.1. The highest BCUT2D eigenvalue weighted by atomic mass is 19.1. The summed E-state index contributed by atoms with van der Waals surface area (Å²) in [4.78, 5) is 36.1. The van der Waals surface area contributed by atoms with Crippen molar-refractivity contribution in [3.8, 4) is 5.75 Å². The van der Waals surface area contributed by atoms with Gasteiger partial charge in [0.2, 0.25) is 5.91 Å². The van der Waals surface area contributed by atoms with Crippen LogP contribution in [0.15, 0.2) is 48.5 Å². The molecule has 0 spiro atoms. The Hall–Kier alpha value is -3.22. The lowest BCUT2D eigenvalue weighted by atomic mass is 9.99. The fourth-order valence-corrected chi connectivity index (χ4v) is 2.75. The zero-order chi connectivity index (χ0) is 22.1. The molecule has 0 fully saturated rings. The minimum atomic E-state index is -1.02. The van der Waals surface area contributed by atoms with E-state index >= 15 is 0 Å². The van der Waals surface area contributed by atoms with Crippen LogP contribution in [0.25, 0.3) is 0 Å². The molecule has 0 aromatic heterocycles. The summed E-state index contributed by atoms with van der Waals surface area (Å²) in [6, 6.07) is 13.1. The number of hydrogen-bond donors (Lipinski definition) is 2. The van der Waals surface area contributed by atoms with Gasteiger partial charge in [-0.3, -0.25) is 25.2 Å². The Bertz CT molecular complexity index is 881. The summed E-state index contributed by atoms with van der Waals surface area (Å²) < 4.78 is 18.8. The highest BCUT2D eigenvalue weighted by Gasteiger charge is 2.17. The van der Waals surface area contributed by atoms with Crippen molar-refractivity contribution < 1.29 is 23.5 Å². The first-order valence-electron chi connectivity index (χ1n) is 9.88. The number of hydrazine groups is 1. The van der Waals surface area contributed by atoms with Crippen LogP contribution in [-0.4, -0.2) is 23.7 Å². The number of rotatable bonds is 9. The lowest BCUT2D eigenvalue weighted by Crippen LogP contribution is -2.47. The quantitative estimate of drug-likeness (QED) is 0.485. The number of nitrogens with one attached hydrogen (secondary N) is 2. The lowest BCUT2D eigenvalue weighted by molar-refractivity contribution is -0.132. The van der Waals surface area contributed by atoms with E-state index < -0.39 is 23.7 Å². The minimum absolute atomic E-state index is 0.0203. The maximum atomic E-state index is 13.6. The van der Waals surface area contributed by atoms with Crippen LogP contribution in [0.4, 0.5) is 4.39 Å². The van der Waals surface area contributed by atoms with Crippen molar-refractivity contribution in [2.24, 2.45) is 5.92 Å². The average molecular weight is 414 g/mol. The van der Waals surface area contributed by atoms with Crippen LogP contribution in [0.3, 0.4) is 0 Å². The van der Waals surface area contributed by atoms with Gasteiger partial charge in [0.1, 0.15) is 0 Å². The number of carbonyl (C=O) groups is 3. The van der Waals surface area contributed by atoms with Gasteiger partial charge < -0.3 is 4.74 Å². The molecular formula is C23H27FN2O4. The van der Waals surface area contributed by atoms with Crippen LogP contribution in [0.5, 0.6) is 5.75 Å². The van der Waals surface area contributed by atoms with Gasteiger partial charge in [0.15, 0.2) is 23.5 Å². The Morgan fingerprint density at radius 1 is 0.933 bits per heavy atom. The van der Waals surface area contributed by atoms with E-state index in [1.165, 1.54) is 25.1 Å². The van der Waals surface area contributed by atoms with Crippen molar-refractivity contribution >= 4 is 17.6 Å². The molecule has 1 unspecified atom stereocenters. The van der Waals surface area contributed by atoms with Gasteiger partial charge in [-0.2, -0.15) is 0 Å². The van der Waals surface area contributed by atoms with E-state index in [0.29, 0.717) is 11.5 Å². The van der Waals surface area contributed by atoms with Crippen molar-refractivity contribution in [1.82, 2.24) is 10.9 Å². The molecule has 160 valence electrons. The molecule has 7 heteroatoms. The number of amides is 2. The molecule has 6 nitrogen and oxygen atoms in total. The van der Waals surface area contributed by atoms with Crippen LogP contribution in [0.2, 0.25) is 0 Å². The molecule has 0 aliphatic carbocycles. The van der Waals surface area contributed by atoms with E-state index in [1.807, 2.05) is 12.1 Å². The molecule has 0 bridgehead atoms. The van der Waals surface area contributed by atoms with Crippen LogP contribution < -0.4 is 15.6 Å². The normalized spacial score (nSPS) is 11.6. The van der Waals surface area contributed by atoms with E-state index in [9.17, 15) is 18.8 Å². The van der Waals surface area contributed by atoms with Crippen LogP contribution in [0.1, 0.15) is 49.5 Å². The zero-order valence-corrected chi connectivity index (χ0v) is 17.4. The van der Waals surface area contributed by atoms with Crippen molar-refractivity contribution in [1.29, 1.82) is 0 Å². The Morgan fingerprint density at radius 3 is 2.23 bits per heavy atom. The van der Waals surface area contributed by atoms with E-state index in [-0.39, 0.29) is 24.4 Å². The third-order valence-corrected chi connectivity index (χ3v) is 4.33. The maximum Gasteiger partial charge on any atom is 0.279 e. The number of ketones is 1. The Labute approximate surface area is 175 Å². The van der Waals surface area contributed by atoms with Gasteiger partial charge in [-0.15, -0.1) is 0 Å². The van der Waals surface area contributed by atoms with E-state index in [2.05, 4.69) is 24.7 Å². The first kappa shape index (κ1) is 23.1. The average Bonchev–Trinajstić information content (AvgIpc) is 2.71. The smallest absolute Gasteiger partial charge is 0.279 e. The van der Waals surface area contributed by atoms with Crippen LogP contribution >= 0.6 is 0 Å². The highest BCUT2D eigenvalue weighted by Crippen LogP contribution is 2.17. The molecule has 0 radical (unpaired) electrons. The topological polar surface area (TPSA) is 84.5 Å². The van der Waals surface area contributed by atoms with E-state index in [4.69, 9.17) is 4.74 Å². The van der Waals surface area contributed by atoms with Gasteiger partial charge in [0.05, 0.1) is 0 Å². The molecule has 2 aromatic rings. The molecule has 2 N–H and O–H groups in total. The molecule has 2 rings (SSSR count). The highest BCUT2D eigenvalue weighted by molar-refractivity contribution is 5.98. The fourth-order valence-electron chi connectivity index (χ4n) is 2.75. The van der Waals surface area contributed by atoms with Gasteiger partial charge in [-0.1, -0.05) is 50.2 Å². The van der Waals surface area contributed by atoms with E-state index in [0.717, 1.165) is 12.0 Å². The summed E-state index contributed by atoms with van der Waals surface area (Å²) in [5.74, 6) is -1.41. The maximum absolute atomic E-state index is 13.6.